The van der Waals surface area contributed by atoms with E-state index in [1.165, 1.54) is 0 Å². The molecule has 5 nitrogen and oxygen atoms in total. The minimum Gasteiger partial charge on any atom is -0.352 e. The van der Waals surface area contributed by atoms with Crippen LogP contribution < -0.4 is 5.32 Å². The first-order chi connectivity index (χ1) is 10.4. The largest absolute Gasteiger partial charge is 0.352 e. The Hall–Kier alpha value is -1.34. The number of carbonyl (C=O) groups excluding carboxylic acids is 1. The van der Waals surface area contributed by atoms with Crippen LogP contribution in [0, 0.1) is 0 Å². The molecular formula is C15H17BrN2O3S. The number of hydrogen-bond acceptors (Lipinski definition) is 3. The van der Waals surface area contributed by atoms with Crippen LogP contribution >= 0.6 is 15.9 Å². The van der Waals surface area contributed by atoms with E-state index in [1.807, 2.05) is 35.0 Å². The quantitative estimate of drug-likeness (QED) is 0.877. The van der Waals surface area contributed by atoms with E-state index in [0.717, 1.165) is 15.4 Å². The average Bonchev–Trinajstić information content (AvgIpc) is 2.99. The number of sulfone groups is 1. The summed E-state index contributed by atoms with van der Waals surface area (Å²) in [5.74, 6) is 0.144. The van der Waals surface area contributed by atoms with Gasteiger partial charge in [0, 0.05) is 35.2 Å². The number of amides is 1. The number of carbonyl (C=O) groups is 1. The van der Waals surface area contributed by atoms with Gasteiger partial charge >= 0.3 is 0 Å². The van der Waals surface area contributed by atoms with Gasteiger partial charge in [-0.2, -0.15) is 0 Å². The van der Waals surface area contributed by atoms with Gasteiger partial charge in [0.1, 0.15) is 0 Å². The van der Waals surface area contributed by atoms with Crippen molar-refractivity contribution in [2.75, 3.05) is 11.5 Å². The van der Waals surface area contributed by atoms with E-state index in [2.05, 4.69) is 21.2 Å². The Morgan fingerprint density at radius 3 is 2.91 bits per heavy atom. The van der Waals surface area contributed by atoms with Crippen molar-refractivity contribution in [1.82, 2.24) is 9.88 Å². The maximum atomic E-state index is 12.0. The highest BCUT2D eigenvalue weighted by atomic mass is 79.9. The van der Waals surface area contributed by atoms with Crippen molar-refractivity contribution >= 4 is 42.6 Å². The molecule has 0 spiro atoms. The van der Waals surface area contributed by atoms with Crippen molar-refractivity contribution in [3.05, 3.63) is 34.9 Å². The molecule has 22 heavy (non-hydrogen) atoms. The minimum absolute atomic E-state index is 0.0676. The van der Waals surface area contributed by atoms with E-state index >= 15 is 0 Å². The molecule has 1 aromatic heterocycles. The molecule has 0 unspecified atom stereocenters. The molecule has 0 aliphatic carbocycles. The predicted molar refractivity (Wildman–Crippen MR) is 89.5 cm³/mol. The minimum atomic E-state index is -2.96. The third-order valence-electron chi connectivity index (χ3n) is 3.91. The Labute approximate surface area is 137 Å². The highest BCUT2D eigenvalue weighted by Gasteiger charge is 2.28. The van der Waals surface area contributed by atoms with E-state index in [1.54, 1.807) is 0 Å². The number of aromatic nitrogens is 1. The number of fused-ring (bicyclic) bond motifs is 1. The summed E-state index contributed by atoms with van der Waals surface area (Å²) in [6, 6.07) is 7.83. The Balaban J connectivity index is 1.59. The monoisotopic (exact) mass is 384 g/mol. The molecular weight excluding hydrogens is 368 g/mol. The van der Waals surface area contributed by atoms with E-state index in [-0.39, 0.29) is 23.5 Å². The Kier molecular flexibility index (Phi) is 4.27. The van der Waals surface area contributed by atoms with Crippen molar-refractivity contribution in [3.63, 3.8) is 0 Å². The second-order valence-electron chi connectivity index (χ2n) is 5.63. The number of hydrogen-bond donors (Lipinski definition) is 1. The molecule has 2 heterocycles. The second-order valence-corrected chi connectivity index (χ2v) is 8.77. The van der Waals surface area contributed by atoms with Crippen molar-refractivity contribution in [1.29, 1.82) is 0 Å². The molecule has 3 rings (SSSR count). The Morgan fingerprint density at radius 1 is 1.36 bits per heavy atom. The van der Waals surface area contributed by atoms with Crippen molar-refractivity contribution in [2.24, 2.45) is 0 Å². The SMILES string of the molecule is O=C(CCn1ccc2ccc(Br)cc21)N[C@H]1CCS(=O)(=O)C1. The number of nitrogens with one attached hydrogen (secondary N) is 1. The van der Waals surface area contributed by atoms with Crippen LogP contribution in [-0.4, -0.2) is 36.4 Å². The summed E-state index contributed by atoms with van der Waals surface area (Å²) in [7, 11) is -2.96. The second kappa shape index (κ2) is 6.04. The first kappa shape index (κ1) is 15.6. The first-order valence-corrected chi connectivity index (χ1v) is 9.78. The fourth-order valence-corrected chi connectivity index (χ4v) is 4.81. The zero-order valence-electron chi connectivity index (χ0n) is 12.0. The van der Waals surface area contributed by atoms with Crippen LogP contribution in [0.3, 0.4) is 0 Å². The lowest BCUT2D eigenvalue weighted by Gasteiger charge is -2.11. The molecule has 2 aromatic rings. The molecule has 1 saturated heterocycles. The highest BCUT2D eigenvalue weighted by molar-refractivity contribution is 9.10. The lowest BCUT2D eigenvalue weighted by molar-refractivity contribution is -0.121. The number of nitrogens with zero attached hydrogens (tertiary/aromatic N) is 1. The van der Waals surface area contributed by atoms with Gasteiger partial charge in [0.15, 0.2) is 9.84 Å². The van der Waals surface area contributed by atoms with Gasteiger partial charge < -0.3 is 9.88 Å². The topological polar surface area (TPSA) is 68.2 Å². The van der Waals surface area contributed by atoms with Crippen LogP contribution in [-0.2, 0) is 21.2 Å². The smallest absolute Gasteiger partial charge is 0.222 e. The molecule has 118 valence electrons. The fraction of sp³-hybridized carbons (Fsp3) is 0.400. The molecule has 1 aliphatic heterocycles. The maximum Gasteiger partial charge on any atom is 0.222 e. The summed E-state index contributed by atoms with van der Waals surface area (Å²) in [5.41, 5.74) is 1.07. The van der Waals surface area contributed by atoms with Gasteiger partial charge in [-0.25, -0.2) is 8.42 Å². The van der Waals surface area contributed by atoms with Crippen molar-refractivity contribution < 1.29 is 13.2 Å². The van der Waals surface area contributed by atoms with E-state index < -0.39 is 9.84 Å². The van der Waals surface area contributed by atoms with Gasteiger partial charge in [-0.05, 0) is 30.0 Å². The fourth-order valence-electron chi connectivity index (χ4n) is 2.78. The number of aryl methyl sites for hydroxylation is 1. The molecule has 1 fully saturated rings. The number of halogens is 1. The molecule has 0 radical (unpaired) electrons. The lowest BCUT2D eigenvalue weighted by atomic mass is 10.2. The molecule has 1 atom stereocenters. The van der Waals surface area contributed by atoms with Crippen molar-refractivity contribution in [2.45, 2.75) is 25.4 Å². The predicted octanol–water partition coefficient (Wildman–Crippen LogP) is 2.10. The molecule has 1 aliphatic rings. The summed E-state index contributed by atoms with van der Waals surface area (Å²) < 4.78 is 25.8. The van der Waals surface area contributed by atoms with Crippen molar-refractivity contribution in [3.8, 4) is 0 Å². The molecule has 1 aromatic carbocycles. The average molecular weight is 385 g/mol. The lowest BCUT2D eigenvalue weighted by Crippen LogP contribution is -2.35. The molecule has 0 bridgehead atoms. The van der Waals surface area contributed by atoms with Crippen LogP contribution in [0.4, 0.5) is 0 Å². The van der Waals surface area contributed by atoms with Crippen LogP contribution in [0.25, 0.3) is 10.9 Å². The summed E-state index contributed by atoms with van der Waals surface area (Å²) >= 11 is 3.45. The highest BCUT2D eigenvalue weighted by Crippen LogP contribution is 2.21. The standard InChI is InChI=1S/C15H17BrN2O3S/c16-12-2-1-11-3-6-18(14(11)9-12)7-4-15(19)17-13-5-8-22(20,21)10-13/h1-3,6,9,13H,4-5,7-8,10H2,(H,17,19)/t13-/m0/s1. The van der Waals surface area contributed by atoms with Gasteiger partial charge in [0.25, 0.3) is 0 Å². The van der Waals surface area contributed by atoms with Crippen LogP contribution in [0.2, 0.25) is 0 Å². The van der Waals surface area contributed by atoms with E-state index in [0.29, 0.717) is 19.4 Å². The van der Waals surface area contributed by atoms with Crippen LogP contribution in [0.15, 0.2) is 34.9 Å². The molecule has 1 N–H and O–H groups in total. The van der Waals surface area contributed by atoms with Gasteiger partial charge in [0.05, 0.1) is 11.5 Å². The van der Waals surface area contributed by atoms with Gasteiger partial charge in [-0.1, -0.05) is 22.0 Å². The number of benzene rings is 1. The zero-order chi connectivity index (χ0) is 15.7. The van der Waals surface area contributed by atoms with Gasteiger partial charge in [0.2, 0.25) is 5.91 Å². The Bertz CT molecular complexity index is 813. The first-order valence-electron chi connectivity index (χ1n) is 7.17. The van der Waals surface area contributed by atoms with E-state index in [4.69, 9.17) is 0 Å². The van der Waals surface area contributed by atoms with Gasteiger partial charge in [-0.3, -0.25) is 4.79 Å². The van der Waals surface area contributed by atoms with Gasteiger partial charge in [-0.15, -0.1) is 0 Å². The number of rotatable bonds is 4. The molecule has 1 amide bonds. The molecule has 0 saturated carbocycles. The molecule has 7 heteroatoms. The third-order valence-corrected chi connectivity index (χ3v) is 6.17. The van der Waals surface area contributed by atoms with Crippen LogP contribution in [0.5, 0.6) is 0 Å². The van der Waals surface area contributed by atoms with Crippen LogP contribution in [0.1, 0.15) is 12.8 Å². The zero-order valence-corrected chi connectivity index (χ0v) is 14.4. The normalized spacial score (nSPS) is 20.3. The Morgan fingerprint density at radius 2 is 2.18 bits per heavy atom. The summed E-state index contributed by atoms with van der Waals surface area (Å²) in [6.45, 7) is 0.575. The van der Waals surface area contributed by atoms with E-state index in [9.17, 15) is 13.2 Å². The summed E-state index contributed by atoms with van der Waals surface area (Å²) in [6.07, 6.45) is 2.82. The summed E-state index contributed by atoms with van der Waals surface area (Å²) in [4.78, 5) is 12.0. The summed E-state index contributed by atoms with van der Waals surface area (Å²) in [5, 5.41) is 3.95. The third kappa shape index (κ3) is 3.52. The maximum absolute atomic E-state index is 12.0.